The lowest BCUT2D eigenvalue weighted by atomic mass is 9.82. The maximum atomic E-state index is 14.8. The molecule has 1 aromatic carbocycles. The number of ether oxygens (including phenoxy) is 1. The predicted molar refractivity (Wildman–Crippen MR) is 106 cm³/mol. The third kappa shape index (κ3) is 3.72. The van der Waals surface area contributed by atoms with Crippen LogP contribution in [-0.2, 0) is 6.54 Å². The van der Waals surface area contributed by atoms with Gasteiger partial charge >= 0.3 is 11.7 Å². The van der Waals surface area contributed by atoms with E-state index in [9.17, 15) is 14.5 Å². The molecule has 0 atom stereocenters. The van der Waals surface area contributed by atoms with Crippen LogP contribution < -0.4 is 10.1 Å². The molecule has 0 saturated carbocycles. The summed E-state index contributed by atoms with van der Waals surface area (Å²) in [5, 5.41) is 14.2. The second-order valence-electron chi connectivity index (χ2n) is 7.30. The number of halogens is 1. The fraction of sp³-hybridized carbons (Fsp3) is 0.400. The minimum atomic E-state index is -0.559. The Morgan fingerprint density at radius 1 is 1.34 bits per heavy atom. The van der Waals surface area contributed by atoms with Crippen molar-refractivity contribution < 1.29 is 14.1 Å². The predicted octanol–water partition coefficient (Wildman–Crippen LogP) is 3.52. The second-order valence-corrected chi connectivity index (χ2v) is 7.30. The average molecular weight is 399 g/mol. The van der Waals surface area contributed by atoms with E-state index in [4.69, 9.17) is 4.74 Å². The molecule has 9 heteroatoms. The van der Waals surface area contributed by atoms with Gasteiger partial charge in [0.05, 0.1) is 12.0 Å². The Bertz CT molecular complexity index is 986. The molecule has 0 spiro atoms. The number of nitrogens with zero attached hydrogens (tertiary/aromatic N) is 4. The first-order valence-electron chi connectivity index (χ1n) is 9.51. The molecule has 0 radical (unpaired) electrons. The number of nitro groups is 1. The summed E-state index contributed by atoms with van der Waals surface area (Å²) in [6.07, 6.45) is 4.36. The first kappa shape index (κ1) is 19.1. The van der Waals surface area contributed by atoms with Crippen molar-refractivity contribution in [3.63, 3.8) is 0 Å². The smallest absolute Gasteiger partial charge is 0.332 e. The van der Waals surface area contributed by atoms with Gasteiger partial charge in [-0.05, 0) is 42.9 Å². The lowest BCUT2D eigenvalue weighted by Gasteiger charge is -2.39. The first-order chi connectivity index (χ1) is 14.0. The van der Waals surface area contributed by atoms with Crippen LogP contribution in [0.15, 0.2) is 24.4 Å². The minimum absolute atomic E-state index is 0.00271. The Kier molecular flexibility index (Phi) is 5.04. The van der Waals surface area contributed by atoms with E-state index in [2.05, 4.69) is 26.4 Å². The van der Waals surface area contributed by atoms with Crippen LogP contribution in [0.4, 0.5) is 15.9 Å². The van der Waals surface area contributed by atoms with Gasteiger partial charge in [0, 0.05) is 31.4 Å². The van der Waals surface area contributed by atoms with Crippen LogP contribution in [0.25, 0.3) is 5.57 Å². The fourth-order valence-corrected chi connectivity index (χ4v) is 3.98. The van der Waals surface area contributed by atoms with Crippen molar-refractivity contribution in [2.45, 2.75) is 26.3 Å². The molecule has 152 valence electrons. The molecular formula is C20H22FN5O3. The number of fused-ring (bicyclic) bond motifs is 2. The van der Waals surface area contributed by atoms with Crippen LogP contribution in [0.2, 0.25) is 0 Å². The standard InChI is InChI=1S/C20H22FN5O3/c1-12-18(26(27)28)19(24-20(23-12)29-2)22-10-15-4-3-14(9-17(15)21)16-11-25-7-5-13(16)6-8-25/h3-4,9,11,13H,5-8,10H2,1-2H3,(H,22,23,24). The SMILES string of the molecule is COc1nc(C)c([N+](=O)[O-])c(NCc2ccc(C3=CN4CCC3CC4)cc2F)n1. The largest absolute Gasteiger partial charge is 0.467 e. The van der Waals surface area contributed by atoms with E-state index in [1.54, 1.807) is 12.1 Å². The summed E-state index contributed by atoms with van der Waals surface area (Å²) in [7, 11) is 1.38. The third-order valence-electron chi connectivity index (χ3n) is 5.53. The Balaban J connectivity index is 1.56. The Hall–Kier alpha value is -3.23. The van der Waals surface area contributed by atoms with Gasteiger partial charge in [-0.15, -0.1) is 0 Å². The zero-order valence-corrected chi connectivity index (χ0v) is 16.3. The molecule has 5 rings (SSSR count). The quantitative estimate of drug-likeness (QED) is 0.587. The lowest BCUT2D eigenvalue weighted by Crippen LogP contribution is -2.35. The van der Waals surface area contributed by atoms with Gasteiger partial charge in [-0.25, -0.2) is 4.39 Å². The first-order valence-corrected chi connectivity index (χ1v) is 9.51. The van der Waals surface area contributed by atoms with E-state index in [-0.39, 0.29) is 35.6 Å². The Labute approximate surface area is 167 Å². The van der Waals surface area contributed by atoms with Crippen molar-refractivity contribution in [1.29, 1.82) is 0 Å². The number of piperidine rings is 1. The van der Waals surface area contributed by atoms with E-state index in [0.717, 1.165) is 31.5 Å². The van der Waals surface area contributed by atoms with Crippen molar-refractivity contribution in [1.82, 2.24) is 14.9 Å². The third-order valence-corrected chi connectivity index (χ3v) is 5.53. The average Bonchev–Trinajstić information content (AvgIpc) is 2.72. The van der Waals surface area contributed by atoms with Gasteiger partial charge in [0.15, 0.2) is 0 Å². The monoisotopic (exact) mass is 399 g/mol. The van der Waals surface area contributed by atoms with Crippen LogP contribution >= 0.6 is 0 Å². The highest BCUT2D eigenvalue weighted by atomic mass is 19.1. The van der Waals surface area contributed by atoms with Crippen molar-refractivity contribution in [3.8, 4) is 6.01 Å². The molecule has 2 aromatic rings. The van der Waals surface area contributed by atoms with Gasteiger partial charge in [-0.2, -0.15) is 9.97 Å². The maximum Gasteiger partial charge on any atom is 0.332 e. The molecule has 1 aromatic heterocycles. The van der Waals surface area contributed by atoms with E-state index < -0.39 is 4.92 Å². The van der Waals surface area contributed by atoms with Crippen molar-refractivity contribution in [2.24, 2.45) is 5.92 Å². The van der Waals surface area contributed by atoms with Gasteiger partial charge in [-0.1, -0.05) is 12.1 Å². The van der Waals surface area contributed by atoms with Gasteiger partial charge in [0.2, 0.25) is 5.82 Å². The van der Waals surface area contributed by atoms with Crippen LogP contribution in [-0.4, -0.2) is 40.0 Å². The number of nitrogens with one attached hydrogen (secondary N) is 1. The zero-order valence-electron chi connectivity index (χ0n) is 16.3. The Morgan fingerprint density at radius 2 is 2.10 bits per heavy atom. The lowest BCUT2D eigenvalue weighted by molar-refractivity contribution is -0.385. The number of benzene rings is 1. The van der Waals surface area contributed by atoms with E-state index in [1.165, 1.54) is 19.6 Å². The molecule has 1 fully saturated rings. The molecular weight excluding hydrogens is 377 g/mol. The highest BCUT2D eigenvalue weighted by molar-refractivity contribution is 5.69. The summed E-state index contributed by atoms with van der Waals surface area (Å²) < 4.78 is 19.7. The second kappa shape index (κ2) is 7.65. The summed E-state index contributed by atoms with van der Waals surface area (Å²) in [6, 6.07) is 5.19. The number of aryl methyl sites for hydroxylation is 1. The number of anilines is 1. The van der Waals surface area contributed by atoms with Gasteiger partial charge in [0.1, 0.15) is 11.5 Å². The van der Waals surface area contributed by atoms with Gasteiger partial charge in [-0.3, -0.25) is 10.1 Å². The van der Waals surface area contributed by atoms with Crippen molar-refractivity contribution in [3.05, 3.63) is 57.2 Å². The molecule has 4 heterocycles. The topological polar surface area (TPSA) is 93.4 Å². The summed E-state index contributed by atoms with van der Waals surface area (Å²) in [5.41, 5.74) is 2.41. The van der Waals surface area contributed by atoms with E-state index >= 15 is 0 Å². The number of hydrogen-bond acceptors (Lipinski definition) is 7. The van der Waals surface area contributed by atoms with Crippen LogP contribution in [0.5, 0.6) is 6.01 Å². The fourth-order valence-electron chi connectivity index (χ4n) is 3.98. The molecule has 3 aliphatic rings. The molecule has 0 aliphatic carbocycles. The highest BCUT2D eigenvalue weighted by Gasteiger charge is 2.28. The number of hydrogen-bond donors (Lipinski definition) is 1. The van der Waals surface area contributed by atoms with E-state index in [0.29, 0.717) is 11.5 Å². The van der Waals surface area contributed by atoms with Crippen LogP contribution in [0, 0.1) is 28.8 Å². The number of rotatable bonds is 6. The van der Waals surface area contributed by atoms with Gasteiger partial charge < -0.3 is 15.0 Å². The highest BCUT2D eigenvalue weighted by Crippen LogP contribution is 2.37. The minimum Gasteiger partial charge on any atom is -0.467 e. The van der Waals surface area contributed by atoms with Gasteiger partial charge in [0.25, 0.3) is 0 Å². The molecule has 1 N–H and O–H groups in total. The molecule has 1 saturated heterocycles. The summed E-state index contributed by atoms with van der Waals surface area (Å²) in [4.78, 5) is 21.0. The van der Waals surface area contributed by atoms with E-state index in [1.807, 2.05) is 6.07 Å². The molecule has 2 bridgehead atoms. The van der Waals surface area contributed by atoms with Crippen molar-refractivity contribution in [2.75, 3.05) is 25.5 Å². The van der Waals surface area contributed by atoms with Crippen LogP contribution in [0.3, 0.4) is 0 Å². The van der Waals surface area contributed by atoms with Crippen molar-refractivity contribution >= 4 is 17.1 Å². The summed E-state index contributed by atoms with van der Waals surface area (Å²) in [5.74, 6) is 0.137. The zero-order chi connectivity index (χ0) is 20.5. The molecule has 8 nitrogen and oxygen atoms in total. The molecule has 3 aliphatic heterocycles. The van der Waals surface area contributed by atoms with Crippen LogP contribution in [0.1, 0.15) is 29.7 Å². The Morgan fingerprint density at radius 3 is 2.69 bits per heavy atom. The number of aromatic nitrogens is 2. The summed E-state index contributed by atoms with van der Waals surface area (Å²) in [6.45, 7) is 3.70. The number of allylic oxidation sites excluding steroid dienone is 1. The normalized spacial score (nSPS) is 16.0. The molecule has 0 unspecified atom stereocenters. The maximum absolute atomic E-state index is 14.8. The summed E-state index contributed by atoms with van der Waals surface area (Å²) >= 11 is 0. The molecule has 29 heavy (non-hydrogen) atoms. The molecule has 0 amide bonds. The number of methoxy groups -OCH3 is 1.